The fraction of sp³-hybridized carbons (Fsp3) is 0.0952. The summed E-state index contributed by atoms with van der Waals surface area (Å²) >= 11 is 0. The quantitative estimate of drug-likeness (QED) is 0.596. The summed E-state index contributed by atoms with van der Waals surface area (Å²) < 4.78 is 1.69. The van der Waals surface area contributed by atoms with E-state index in [9.17, 15) is 9.90 Å². The predicted octanol–water partition coefficient (Wildman–Crippen LogP) is 3.19. The van der Waals surface area contributed by atoms with Crippen LogP contribution in [-0.4, -0.2) is 35.8 Å². The molecule has 1 aliphatic rings. The third-order valence-electron chi connectivity index (χ3n) is 4.90. The molecule has 0 radical (unpaired) electrons. The number of carboxylic acids is 1. The monoisotopic (exact) mass is 369 g/mol. The summed E-state index contributed by atoms with van der Waals surface area (Å²) in [7, 11) is 0. The number of carbonyl (C=O) groups is 1. The molecule has 0 aliphatic heterocycles. The van der Waals surface area contributed by atoms with Crippen LogP contribution < -0.4 is 0 Å². The van der Waals surface area contributed by atoms with Crippen LogP contribution in [0.3, 0.4) is 0 Å². The maximum absolute atomic E-state index is 11.7. The van der Waals surface area contributed by atoms with Gasteiger partial charge < -0.3 is 5.11 Å². The van der Waals surface area contributed by atoms with Crippen molar-refractivity contribution in [2.45, 2.75) is 12.8 Å². The van der Waals surface area contributed by atoms with E-state index >= 15 is 0 Å². The van der Waals surface area contributed by atoms with Crippen molar-refractivity contribution in [3.8, 4) is 28.3 Å². The second kappa shape index (κ2) is 6.38. The highest BCUT2D eigenvalue weighted by molar-refractivity contribution is 5.92. The minimum atomic E-state index is -0.986. The number of hydrogen-bond acceptors (Lipinski definition) is 5. The molecule has 3 aromatic heterocycles. The van der Waals surface area contributed by atoms with Crippen LogP contribution in [-0.2, 0) is 12.8 Å². The summed E-state index contributed by atoms with van der Waals surface area (Å²) in [6, 6.07) is 10.6. The number of hydrogen-bond donors (Lipinski definition) is 1. The molecule has 0 spiro atoms. The van der Waals surface area contributed by atoms with E-state index in [-0.39, 0.29) is 5.56 Å². The van der Waals surface area contributed by atoms with E-state index in [4.69, 9.17) is 4.98 Å². The fourth-order valence-electron chi connectivity index (χ4n) is 3.57. The van der Waals surface area contributed by atoms with Crippen molar-refractivity contribution in [3.05, 3.63) is 78.0 Å². The molecule has 0 fully saturated rings. The van der Waals surface area contributed by atoms with Crippen LogP contribution in [0.15, 0.2) is 61.2 Å². The summed E-state index contributed by atoms with van der Waals surface area (Å²) in [6.07, 6.45) is 8.62. The zero-order valence-electron chi connectivity index (χ0n) is 14.8. The molecule has 1 N–H and O–H groups in total. The minimum absolute atomic E-state index is 0.204. The molecule has 0 saturated heterocycles. The lowest BCUT2D eigenvalue weighted by molar-refractivity contribution is 0.0697. The van der Waals surface area contributed by atoms with Gasteiger partial charge in [0.15, 0.2) is 5.82 Å². The summed E-state index contributed by atoms with van der Waals surface area (Å²) in [4.78, 5) is 25.0. The first kappa shape index (κ1) is 16.3. The van der Waals surface area contributed by atoms with Crippen LogP contribution in [0.25, 0.3) is 28.3 Å². The van der Waals surface area contributed by atoms with Crippen LogP contribution in [0.1, 0.15) is 21.6 Å². The summed E-state index contributed by atoms with van der Waals surface area (Å²) in [5.41, 5.74) is 5.38. The Hall–Kier alpha value is -3.87. The molecular weight excluding hydrogens is 354 g/mol. The van der Waals surface area contributed by atoms with Crippen molar-refractivity contribution >= 4 is 5.97 Å². The Kier molecular flexibility index (Phi) is 3.72. The Morgan fingerprint density at radius 2 is 1.86 bits per heavy atom. The van der Waals surface area contributed by atoms with E-state index in [1.807, 2.05) is 18.2 Å². The Labute approximate surface area is 160 Å². The lowest BCUT2D eigenvalue weighted by Crippen LogP contribution is -2.12. The fourth-order valence-corrected chi connectivity index (χ4v) is 3.57. The van der Waals surface area contributed by atoms with Crippen molar-refractivity contribution in [1.29, 1.82) is 0 Å². The molecule has 0 bridgehead atoms. The third kappa shape index (κ3) is 2.56. The van der Waals surface area contributed by atoms with Crippen molar-refractivity contribution in [3.63, 3.8) is 0 Å². The molecule has 5 rings (SSSR count). The van der Waals surface area contributed by atoms with Gasteiger partial charge in [-0.2, -0.15) is 5.10 Å². The maximum atomic E-state index is 11.7. The first-order chi connectivity index (χ1) is 13.7. The van der Waals surface area contributed by atoms with E-state index < -0.39 is 5.97 Å². The molecule has 1 aromatic carbocycles. The van der Waals surface area contributed by atoms with Crippen LogP contribution in [0, 0.1) is 0 Å². The van der Waals surface area contributed by atoms with Gasteiger partial charge in [-0.3, -0.25) is 4.98 Å². The summed E-state index contributed by atoms with van der Waals surface area (Å²) in [5.74, 6) is -0.332. The van der Waals surface area contributed by atoms with Gasteiger partial charge >= 0.3 is 5.97 Å². The SMILES string of the molecule is O=C(O)c1ccccc1-n1ncc2c1-c1cnc(-c3ccncc3)nc1CC2. The highest BCUT2D eigenvalue weighted by atomic mass is 16.4. The van der Waals surface area contributed by atoms with E-state index in [1.54, 1.807) is 47.7 Å². The van der Waals surface area contributed by atoms with Crippen LogP contribution in [0.4, 0.5) is 0 Å². The summed E-state index contributed by atoms with van der Waals surface area (Å²) in [6.45, 7) is 0. The molecule has 7 nitrogen and oxygen atoms in total. The molecule has 7 heteroatoms. The number of carboxylic acid groups (broad SMARTS) is 1. The van der Waals surface area contributed by atoms with Crippen molar-refractivity contribution in [1.82, 2.24) is 24.7 Å². The number of aromatic nitrogens is 5. The topological polar surface area (TPSA) is 93.8 Å². The standard InChI is InChI=1S/C21H15N5O2/c27-21(28)15-3-1-2-4-18(15)26-19-14(11-24-26)5-6-17-16(19)12-23-20(25-17)13-7-9-22-10-8-13/h1-4,7-12H,5-6H2,(H,27,28). The molecule has 0 saturated carbocycles. The van der Waals surface area contributed by atoms with Crippen molar-refractivity contribution < 1.29 is 9.90 Å². The largest absolute Gasteiger partial charge is 0.478 e. The van der Waals surface area contributed by atoms with Gasteiger partial charge in [0, 0.05) is 29.7 Å². The number of fused-ring (bicyclic) bond motifs is 3. The van der Waals surface area contributed by atoms with Crippen molar-refractivity contribution in [2.75, 3.05) is 0 Å². The number of pyridine rings is 1. The Balaban J connectivity index is 1.67. The van der Waals surface area contributed by atoms with E-state index in [1.165, 1.54) is 0 Å². The summed E-state index contributed by atoms with van der Waals surface area (Å²) in [5, 5.41) is 14.0. The van der Waals surface area contributed by atoms with Gasteiger partial charge in [0.2, 0.25) is 0 Å². The smallest absolute Gasteiger partial charge is 0.337 e. The number of para-hydroxylation sites is 1. The van der Waals surface area contributed by atoms with E-state index in [0.717, 1.165) is 40.9 Å². The predicted molar refractivity (Wildman–Crippen MR) is 102 cm³/mol. The second-order valence-corrected chi connectivity index (χ2v) is 6.54. The second-order valence-electron chi connectivity index (χ2n) is 6.54. The molecule has 28 heavy (non-hydrogen) atoms. The van der Waals surface area contributed by atoms with Crippen LogP contribution in [0.2, 0.25) is 0 Å². The van der Waals surface area contributed by atoms with Gasteiger partial charge in [-0.25, -0.2) is 19.4 Å². The highest BCUT2D eigenvalue weighted by Crippen LogP contribution is 2.35. The Morgan fingerprint density at radius 3 is 2.68 bits per heavy atom. The van der Waals surface area contributed by atoms with Crippen molar-refractivity contribution in [2.24, 2.45) is 0 Å². The molecule has 4 aromatic rings. The van der Waals surface area contributed by atoms with Gasteiger partial charge in [0.05, 0.1) is 28.8 Å². The number of benzene rings is 1. The number of aromatic carboxylic acids is 1. The number of nitrogens with zero attached hydrogens (tertiary/aromatic N) is 5. The average Bonchev–Trinajstić information content (AvgIpc) is 3.18. The van der Waals surface area contributed by atoms with E-state index in [2.05, 4.69) is 15.1 Å². The minimum Gasteiger partial charge on any atom is -0.478 e. The first-order valence-corrected chi connectivity index (χ1v) is 8.88. The van der Waals surface area contributed by atoms with Gasteiger partial charge in [-0.15, -0.1) is 0 Å². The Morgan fingerprint density at radius 1 is 1.04 bits per heavy atom. The average molecular weight is 369 g/mol. The van der Waals surface area contributed by atoms with Gasteiger partial charge in [0.25, 0.3) is 0 Å². The molecule has 3 heterocycles. The van der Waals surface area contributed by atoms with Crippen LogP contribution in [0.5, 0.6) is 0 Å². The molecule has 136 valence electrons. The highest BCUT2D eigenvalue weighted by Gasteiger charge is 2.25. The number of rotatable bonds is 3. The molecule has 1 aliphatic carbocycles. The molecule has 0 atom stereocenters. The van der Waals surface area contributed by atoms with Gasteiger partial charge in [-0.05, 0) is 42.7 Å². The number of aryl methyl sites for hydroxylation is 2. The zero-order chi connectivity index (χ0) is 19.1. The normalized spacial score (nSPS) is 12.3. The first-order valence-electron chi connectivity index (χ1n) is 8.88. The molecule has 0 unspecified atom stereocenters. The zero-order valence-corrected chi connectivity index (χ0v) is 14.8. The molecular formula is C21H15N5O2. The lowest BCUT2D eigenvalue weighted by atomic mass is 9.95. The maximum Gasteiger partial charge on any atom is 0.337 e. The van der Waals surface area contributed by atoms with Gasteiger partial charge in [0.1, 0.15) is 0 Å². The van der Waals surface area contributed by atoms with E-state index in [0.29, 0.717) is 11.5 Å². The third-order valence-corrected chi connectivity index (χ3v) is 4.90. The Bertz CT molecular complexity index is 1200. The van der Waals surface area contributed by atoms with Gasteiger partial charge in [-0.1, -0.05) is 12.1 Å². The van der Waals surface area contributed by atoms with Crippen LogP contribution >= 0.6 is 0 Å². The lowest BCUT2D eigenvalue weighted by Gasteiger charge is -2.18. The molecule has 0 amide bonds.